The van der Waals surface area contributed by atoms with Crippen molar-refractivity contribution in [3.63, 3.8) is 0 Å². The van der Waals surface area contributed by atoms with Crippen LogP contribution in [-0.2, 0) is 16.6 Å². The zero-order chi connectivity index (χ0) is 15.6. The molecule has 0 atom stereocenters. The van der Waals surface area contributed by atoms with E-state index in [2.05, 4.69) is 0 Å². The first-order valence-corrected chi connectivity index (χ1v) is 8.19. The van der Waals surface area contributed by atoms with Crippen LogP contribution >= 0.6 is 11.6 Å². The maximum absolute atomic E-state index is 12.6. The van der Waals surface area contributed by atoms with Crippen LogP contribution in [0, 0.1) is 6.92 Å². The van der Waals surface area contributed by atoms with Crippen LogP contribution in [0.25, 0.3) is 0 Å². The molecule has 2 N–H and O–H groups in total. The Morgan fingerprint density at radius 1 is 1.14 bits per heavy atom. The lowest BCUT2D eigenvalue weighted by Gasteiger charge is -2.19. The Kier molecular flexibility index (Phi) is 4.56. The Morgan fingerprint density at radius 3 is 2.33 bits per heavy atom. The molecule has 0 aliphatic rings. The van der Waals surface area contributed by atoms with Gasteiger partial charge < -0.3 is 5.73 Å². The van der Waals surface area contributed by atoms with Gasteiger partial charge in [0.25, 0.3) is 0 Å². The van der Waals surface area contributed by atoms with Crippen LogP contribution in [0.15, 0.2) is 47.4 Å². The van der Waals surface area contributed by atoms with Crippen molar-refractivity contribution in [3.8, 4) is 0 Å². The summed E-state index contributed by atoms with van der Waals surface area (Å²) in [5, 5.41) is 0.624. The first-order valence-electron chi connectivity index (χ1n) is 6.37. The van der Waals surface area contributed by atoms with Gasteiger partial charge in [-0.3, -0.25) is 0 Å². The predicted octanol–water partition coefficient (Wildman–Crippen LogP) is 3.05. The number of nitrogens with zero attached hydrogens (tertiary/aromatic N) is 1. The standard InChI is InChI=1S/C15H17ClN2O2S/c1-11-9-14(17)7-8-15(11)21(19,20)18(2)10-12-3-5-13(16)6-4-12/h3-9H,10,17H2,1-2H3. The van der Waals surface area contributed by atoms with Gasteiger partial charge in [0.15, 0.2) is 0 Å². The zero-order valence-electron chi connectivity index (χ0n) is 11.9. The number of aryl methyl sites for hydroxylation is 1. The lowest BCUT2D eigenvalue weighted by atomic mass is 10.2. The molecule has 0 heterocycles. The summed E-state index contributed by atoms with van der Waals surface area (Å²) >= 11 is 5.83. The highest BCUT2D eigenvalue weighted by Gasteiger charge is 2.22. The first kappa shape index (κ1) is 15.8. The Morgan fingerprint density at radius 2 is 1.76 bits per heavy atom. The van der Waals surface area contributed by atoms with Gasteiger partial charge in [-0.2, -0.15) is 4.31 Å². The fourth-order valence-corrected chi connectivity index (χ4v) is 3.55. The van der Waals surface area contributed by atoms with E-state index in [1.807, 2.05) is 12.1 Å². The van der Waals surface area contributed by atoms with Crippen LogP contribution in [-0.4, -0.2) is 19.8 Å². The third-order valence-corrected chi connectivity index (χ3v) is 5.42. The normalized spacial score (nSPS) is 11.8. The van der Waals surface area contributed by atoms with Crippen molar-refractivity contribution in [1.29, 1.82) is 0 Å². The molecular weight excluding hydrogens is 308 g/mol. The predicted molar refractivity (Wildman–Crippen MR) is 85.7 cm³/mol. The zero-order valence-corrected chi connectivity index (χ0v) is 13.4. The van der Waals surface area contributed by atoms with E-state index in [1.165, 1.54) is 4.31 Å². The fraction of sp³-hybridized carbons (Fsp3) is 0.200. The molecule has 6 heteroatoms. The molecule has 112 valence electrons. The third-order valence-electron chi connectivity index (χ3n) is 3.21. The molecular formula is C15H17ClN2O2S. The molecule has 2 aromatic carbocycles. The summed E-state index contributed by atoms with van der Waals surface area (Å²) in [4.78, 5) is 0.271. The van der Waals surface area contributed by atoms with Crippen LogP contribution < -0.4 is 5.73 Å². The number of nitrogen functional groups attached to an aromatic ring is 1. The minimum atomic E-state index is -3.55. The Labute approximate surface area is 130 Å². The molecule has 0 aliphatic heterocycles. The summed E-state index contributed by atoms with van der Waals surface area (Å²) in [6, 6.07) is 11.9. The van der Waals surface area contributed by atoms with Crippen LogP contribution in [0.5, 0.6) is 0 Å². The average molecular weight is 325 g/mol. The smallest absolute Gasteiger partial charge is 0.243 e. The maximum Gasteiger partial charge on any atom is 0.243 e. The Balaban J connectivity index is 2.28. The largest absolute Gasteiger partial charge is 0.399 e. The van der Waals surface area contributed by atoms with Crippen molar-refractivity contribution in [2.75, 3.05) is 12.8 Å². The average Bonchev–Trinajstić information content (AvgIpc) is 2.40. The molecule has 0 bridgehead atoms. The second-order valence-electron chi connectivity index (χ2n) is 4.91. The quantitative estimate of drug-likeness (QED) is 0.879. The van der Waals surface area contributed by atoms with E-state index < -0.39 is 10.0 Å². The number of hydrogen-bond acceptors (Lipinski definition) is 3. The highest BCUT2D eigenvalue weighted by atomic mass is 35.5. The van der Waals surface area contributed by atoms with Gasteiger partial charge in [0.2, 0.25) is 10.0 Å². The molecule has 0 amide bonds. The molecule has 0 saturated heterocycles. The van der Waals surface area contributed by atoms with Gasteiger partial charge in [0, 0.05) is 24.3 Å². The summed E-state index contributed by atoms with van der Waals surface area (Å²) in [6.45, 7) is 2.02. The van der Waals surface area contributed by atoms with E-state index >= 15 is 0 Å². The topological polar surface area (TPSA) is 63.4 Å². The number of anilines is 1. The summed E-state index contributed by atoms with van der Waals surface area (Å²) in [6.07, 6.45) is 0. The first-order chi connectivity index (χ1) is 9.80. The summed E-state index contributed by atoms with van der Waals surface area (Å²) < 4.78 is 26.5. The molecule has 2 aromatic rings. The number of halogens is 1. The van der Waals surface area contributed by atoms with E-state index in [4.69, 9.17) is 17.3 Å². The van der Waals surface area contributed by atoms with E-state index in [-0.39, 0.29) is 11.4 Å². The van der Waals surface area contributed by atoms with Crippen molar-refractivity contribution in [1.82, 2.24) is 4.31 Å². The van der Waals surface area contributed by atoms with Crippen molar-refractivity contribution in [3.05, 3.63) is 58.6 Å². The lowest BCUT2D eigenvalue weighted by molar-refractivity contribution is 0.466. The van der Waals surface area contributed by atoms with Crippen molar-refractivity contribution in [2.24, 2.45) is 0 Å². The SMILES string of the molecule is Cc1cc(N)ccc1S(=O)(=O)N(C)Cc1ccc(Cl)cc1. The van der Waals surface area contributed by atoms with E-state index in [9.17, 15) is 8.42 Å². The summed E-state index contributed by atoms with van der Waals surface area (Å²) in [5.41, 5.74) is 7.72. The van der Waals surface area contributed by atoms with Gasteiger partial charge >= 0.3 is 0 Å². The van der Waals surface area contributed by atoms with E-state index in [0.29, 0.717) is 16.3 Å². The highest BCUT2D eigenvalue weighted by Crippen LogP contribution is 2.22. The number of benzene rings is 2. The molecule has 2 rings (SSSR count). The molecule has 21 heavy (non-hydrogen) atoms. The number of sulfonamides is 1. The maximum atomic E-state index is 12.6. The molecule has 0 aromatic heterocycles. The van der Waals surface area contributed by atoms with Gasteiger partial charge in [0.1, 0.15) is 0 Å². The van der Waals surface area contributed by atoms with Crippen LogP contribution in [0.3, 0.4) is 0 Å². The fourth-order valence-electron chi connectivity index (χ4n) is 2.06. The van der Waals surface area contributed by atoms with Crippen molar-refractivity contribution in [2.45, 2.75) is 18.4 Å². The van der Waals surface area contributed by atoms with Crippen LogP contribution in [0.2, 0.25) is 5.02 Å². The second kappa shape index (κ2) is 6.05. The van der Waals surface area contributed by atoms with E-state index in [1.54, 1.807) is 44.3 Å². The highest BCUT2D eigenvalue weighted by molar-refractivity contribution is 7.89. The summed E-state index contributed by atoms with van der Waals surface area (Å²) in [5.74, 6) is 0. The van der Waals surface area contributed by atoms with Crippen molar-refractivity contribution >= 4 is 27.3 Å². The molecule has 0 spiro atoms. The minimum absolute atomic E-state index is 0.271. The van der Waals surface area contributed by atoms with Gasteiger partial charge in [0.05, 0.1) is 4.90 Å². The number of nitrogens with two attached hydrogens (primary N) is 1. The van der Waals surface area contributed by atoms with Crippen LogP contribution in [0.1, 0.15) is 11.1 Å². The van der Waals surface area contributed by atoms with Gasteiger partial charge in [-0.15, -0.1) is 0 Å². The number of rotatable bonds is 4. The molecule has 0 saturated carbocycles. The van der Waals surface area contributed by atoms with Gasteiger partial charge in [-0.25, -0.2) is 8.42 Å². The molecule has 0 unspecified atom stereocenters. The van der Waals surface area contributed by atoms with Crippen molar-refractivity contribution < 1.29 is 8.42 Å². The number of hydrogen-bond donors (Lipinski definition) is 1. The van der Waals surface area contributed by atoms with Gasteiger partial charge in [-0.1, -0.05) is 23.7 Å². The molecule has 0 radical (unpaired) electrons. The van der Waals surface area contributed by atoms with E-state index in [0.717, 1.165) is 5.56 Å². The third kappa shape index (κ3) is 3.56. The Hall–Kier alpha value is -1.56. The molecule has 0 aliphatic carbocycles. The second-order valence-corrected chi connectivity index (χ2v) is 7.36. The minimum Gasteiger partial charge on any atom is -0.399 e. The molecule has 0 fully saturated rings. The van der Waals surface area contributed by atoms with Gasteiger partial charge in [-0.05, 0) is 48.4 Å². The molecule has 4 nitrogen and oxygen atoms in total. The summed E-state index contributed by atoms with van der Waals surface area (Å²) in [7, 11) is -1.99. The lowest BCUT2D eigenvalue weighted by Crippen LogP contribution is -2.27. The Bertz CT molecular complexity index is 743. The van der Waals surface area contributed by atoms with Crippen LogP contribution in [0.4, 0.5) is 5.69 Å². The monoisotopic (exact) mass is 324 g/mol.